The van der Waals surface area contributed by atoms with Crippen LogP contribution in [0.5, 0.6) is 0 Å². The Labute approximate surface area is 108 Å². The van der Waals surface area contributed by atoms with E-state index in [4.69, 9.17) is 10.8 Å². The average molecular weight is 270 g/mol. The summed E-state index contributed by atoms with van der Waals surface area (Å²) in [5.74, 6) is 3.10. The van der Waals surface area contributed by atoms with Crippen LogP contribution < -0.4 is 10.0 Å². The minimum Gasteiger partial charge on any atom is -0.447 e. The molecule has 0 unspecified atom stereocenters. The van der Waals surface area contributed by atoms with Gasteiger partial charge in [-0.2, -0.15) is 0 Å². The number of unbranched alkanes of at least 4 members (excludes halogenated alkanes) is 2. The normalized spacial score (nSPS) is 11.3. The molecule has 1 heterocycles. The number of sulfonamides is 1. The van der Waals surface area contributed by atoms with Crippen molar-refractivity contribution in [2.24, 2.45) is 0 Å². The van der Waals surface area contributed by atoms with Gasteiger partial charge in [0.05, 0.1) is 6.54 Å². The van der Waals surface area contributed by atoms with Crippen LogP contribution in [-0.2, 0) is 16.6 Å². The predicted molar refractivity (Wildman–Crippen MR) is 69.3 cm³/mol. The number of rotatable bonds is 8. The van der Waals surface area contributed by atoms with Crippen molar-refractivity contribution in [1.82, 2.24) is 10.0 Å². The summed E-state index contributed by atoms with van der Waals surface area (Å²) in [7, 11) is -1.78. The predicted octanol–water partition coefficient (Wildman–Crippen LogP) is 1.08. The Hall–Kier alpha value is -1.29. The molecule has 0 amide bonds. The highest BCUT2D eigenvalue weighted by Gasteiger charge is 2.17. The number of terminal acetylenes is 1. The topological polar surface area (TPSA) is 71.3 Å². The number of furan rings is 1. The number of hydrogen-bond donors (Lipinski definition) is 2. The maximum absolute atomic E-state index is 11.8. The molecule has 0 saturated carbocycles. The molecule has 1 rings (SSSR count). The van der Waals surface area contributed by atoms with Crippen LogP contribution in [0.15, 0.2) is 21.6 Å². The summed E-state index contributed by atoms with van der Waals surface area (Å²) in [6, 6.07) is 3.10. The molecular weight excluding hydrogens is 252 g/mol. The van der Waals surface area contributed by atoms with E-state index in [0.29, 0.717) is 31.7 Å². The first-order valence-corrected chi connectivity index (χ1v) is 7.25. The Bertz CT molecular complexity index is 500. The second-order valence-corrected chi connectivity index (χ2v) is 5.51. The second-order valence-electron chi connectivity index (χ2n) is 3.81. The second kappa shape index (κ2) is 7.21. The molecule has 5 nitrogen and oxygen atoms in total. The number of nitrogens with one attached hydrogen (secondary N) is 2. The van der Waals surface area contributed by atoms with Crippen LogP contribution in [-0.4, -0.2) is 22.0 Å². The molecule has 1 aromatic rings. The minimum absolute atomic E-state index is 0.0512. The van der Waals surface area contributed by atoms with E-state index in [1.807, 2.05) is 0 Å². The van der Waals surface area contributed by atoms with Gasteiger partial charge in [0.15, 0.2) is 0 Å². The lowest BCUT2D eigenvalue weighted by Crippen LogP contribution is -2.24. The van der Waals surface area contributed by atoms with E-state index < -0.39 is 10.0 Å². The first-order chi connectivity index (χ1) is 8.60. The van der Waals surface area contributed by atoms with E-state index >= 15 is 0 Å². The molecule has 0 radical (unpaired) electrons. The Morgan fingerprint density at radius 1 is 1.39 bits per heavy atom. The highest BCUT2D eigenvalue weighted by molar-refractivity contribution is 7.89. The Morgan fingerprint density at radius 2 is 2.17 bits per heavy atom. The monoisotopic (exact) mass is 270 g/mol. The van der Waals surface area contributed by atoms with Gasteiger partial charge in [0, 0.05) is 13.0 Å². The lowest BCUT2D eigenvalue weighted by atomic mass is 10.2. The summed E-state index contributed by atoms with van der Waals surface area (Å²) >= 11 is 0. The van der Waals surface area contributed by atoms with E-state index in [-0.39, 0.29) is 5.09 Å². The Kier molecular flexibility index (Phi) is 5.92. The first kappa shape index (κ1) is 14.8. The van der Waals surface area contributed by atoms with Gasteiger partial charge in [0.1, 0.15) is 5.76 Å². The van der Waals surface area contributed by atoms with Gasteiger partial charge in [-0.1, -0.05) is 0 Å². The standard InChI is InChI=1S/C12H18N2O3S/c1-3-4-5-6-9-14-18(15,16)12-8-7-11(17-12)10-13-2/h1,7-8,13-14H,4-6,9-10H2,2H3. The first-order valence-electron chi connectivity index (χ1n) is 5.76. The molecule has 0 aliphatic rings. The molecule has 6 heteroatoms. The van der Waals surface area contributed by atoms with E-state index in [1.165, 1.54) is 6.07 Å². The summed E-state index contributed by atoms with van der Waals surface area (Å²) in [4.78, 5) is 0. The lowest BCUT2D eigenvalue weighted by molar-refractivity contribution is 0.404. The van der Waals surface area contributed by atoms with E-state index in [2.05, 4.69) is 16.0 Å². The summed E-state index contributed by atoms with van der Waals surface area (Å²) in [5, 5.41) is 2.84. The molecule has 100 valence electrons. The zero-order valence-corrected chi connectivity index (χ0v) is 11.2. The molecular formula is C12H18N2O3S. The van der Waals surface area contributed by atoms with Gasteiger partial charge in [-0.3, -0.25) is 0 Å². The maximum atomic E-state index is 11.8. The van der Waals surface area contributed by atoms with Gasteiger partial charge in [-0.25, -0.2) is 13.1 Å². The van der Waals surface area contributed by atoms with E-state index in [1.54, 1.807) is 13.1 Å². The lowest BCUT2D eigenvalue weighted by Gasteiger charge is -2.03. The van der Waals surface area contributed by atoms with Crippen molar-refractivity contribution in [3.8, 4) is 12.3 Å². The van der Waals surface area contributed by atoms with Crippen LogP contribution in [0.1, 0.15) is 25.0 Å². The van der Waals surface area contributed by atoms with Gasteiger partial charge in [0.25, 0.3) is 10.0 Å². The van der Waals surface area contributed by atoms with Crippen molar-refractivity contribution in [1.29, 1.82) is 0 Å². The highest BCUT2D eigenvalue weighted by atomic mass is 32.2. The molecule has 0 aliphatic heterocycles. The third-order valence-electron chi connectivity index (χ3n) is 2.29. The SMILES string of the molecule is C#CCCCCNS(=O)(=O)c1ccc(CNC)o1. The van der Waals surface area contributed by atoms with Crippen molar-refractivity contribution in [3.05, 3.63) is 17.9 Å². The van der Waals surface area contributed by atoms with Gasteiger partial charge in [-0.05, 0) is 32.0 Å². The quantitative estimate of drug-likeness (QED) is 0.548. The molecule has 0 aliphatic carbocycles. The largest absolute Gasteiger partial charge is 0.447 e. The van der Waals surface area contributed by atoms with Crippen molar-refractivity contribution < 1.29 is 12.8 Å². The zero-order chi connectivity index (χ0) is 13.4. The van der Waals surface area contributed by atoms with E-state index in [0.717, 1.165) is 6.42 Å². The summed E-state index contributed by atoms with van der Waals surface area (Å²) in [6.45, 7) is 0.865. The smallest absolute Gasteiger partial charge is 0.273 e. The Balaban J connectivity index is 2.49. The van der Waals surface area contributed by atoms with Crippen molar-refractivity contribution in [2.75, 3.05) is 13.6 Å². The molecule has 0 bridgehead atoms. The third-order valence-corrected chi connectivity index (χ3v) is 3.63. The fraction of sp³-hybridized carbons (Fsp3) is 0.500. The molecule has 0 aromatic carbocycles. The summed E-state index contributed by atoms with van der Waals surface area (Å²) in [6.07, 6.45) is 7.29. The van der Waals surface area contributed by atoms with Crippen molar-refractivity contribution in [2.45, 2.75) is 30.9 Å². The summed E-state index contributed by atoms with van der Waals surface area (Å²) in [5.41, 5.74) is 0. The highest BCUT2D eigenvalue weighted by Crippen LogP contribution is 2.13. The fourth-order valence-corrected chi connectivity index (χ4v) is 2.42. The van der Waals surface area contributed by atoms with Crippen LogP contribution in [0.25, 0.3) is 0 Å². The summed E-state index contributed by atoms with van der Waals surface area (Å²) < 4.78 is 31.3. The van der Waals surface area contributed by atoms with Crippen LogP contribution in [0.3, 0.4) is 0 Å². The minimum atomic E-state index is -3.54. The van der Waals surface area contributed by atoms with Crippen LogP contribution in [0, 0.1) is 12.3 Å². The van der Waals surface area contributed by atoms with Crippen LogP contribution in [0.2, 0.25) is 0 Å². The average Bonchev–Trinajstić information content (AvgIpc) is 2.79. The van der Waals surface area contributed by atoms with Gasteiger partial charge >= 0.3 is 0 Å². The van der Waals surface area contributed by atoms with Gasteiger partial charge in [-0.15, -0.1) is 12.3 Å². The molecule has 18 heavy (non-hydrogen) atoms. The zero-order valence-electron chi connectivity index (χ0n) is 10.4. The fourth-order valence-electron chi connectivity index (χ4n) is 1.40. The molecule has 0 atom stereocenters. The van der Waals surface area contributed by atoms with E-state index in [9.17, 15) is 8.42 Å². The van der Waals surface area contributed by atoms with Crippen LogP contribution >= 0.6 is 0 Å². The van der Waals surface area contributed by atoms with Gasteiger partial charge < -0.3 is 9.73 Å². The maximum Gasteiger partial charge on any atom is 0.273 e. The third kappa shape index (κ3) is 4.53. The van der Waals surface area contributed by atoms with Crippen molar-refractivity contribution >= 4 is 10.0 Å². The molecule has 2 N–H and O–H groups in total. The Morgan fingerprint density at radius 3 is 2.83 bits per heavy atom. The molecule has 0 saturated heterocycles. The molecule has 1 aromatic heterocycles. The van der Waals surface area contributed by atoms with Gasteiger partial charge in [0.2, 0.25) is 5.09 Å². The van der Waals surface area contributed by atoms with Crippen molar-refractivity contribution in [3.63, 3.8) is 0 Å². The van der Waals surface area contributed by atoms with Crippen LogP contribution in [0.4, 0.5) is 0 Å². The molecule has 0 spiro atoms. The molecule has 0 fully saturated rings. The number of hydrogen-bond acceptors (Lipinski definition) is 4.